The Morgan fingerprint density at radius 1 is 1.00 bits per heavy atom. The number of rotatable bonds is 5. The van der Waals surface area contributed by atoms with Gasteiger partial charge in [0.1, 0.15) is 5.69 Å². The fraction of sp³-hybridized carbons (Fsp3) is 0.182. The highest BCUT2D eigenvalue weighted by Gasteiger charge is 2.22. The summed E-state index contributed by atoms with van der Waals surface area (Å²) in [6, 6.07) is 21.4. The molecule has 0 aliphatic carbocycles. The Balaban J connectivity index is 2.05. The van der Waals surface area contributed by atoms with E-state index in [4.69, 9.17) is 5.10 Å². The van der Waals surface area contributed by atoms with E-state index in [-0.39, 0.29) is 5.76 Å². The quantitative estimate of drug-likeness (QED) is 0.521. The maximum Gasteiger partial charge on any atom is 0.256 e. The average Bonchev–Trinajstić information content (AvgIpc) is 3.26. The van der Waals surface area contributed by atoms with Gasteiger partial charge in [-0.2, -0.15) is 0 Å². The van der Waals surface area contributed by atoms with Crippen LogP contribution in [0.5, 0.6) is 0 Å². The van der Waals surface area contributed by atoms with E-state index < -0.39 is 0 Å². The van der Waals surface area contributed by atoms with E-state index in [0.717, 1.165) is 36.2 Å². The smallest absolute Gasteiger partial charge is 0.256 e. The summed E-state index contributed by atoms with van der Waals surface area (Å²) in [6.45, 7) is 2.17. The molecule has 0 aliphatic heterocycles. The lowest BCUT2D eigenvalue weighted by molar-refractivity contribution is -0.640. The topological polar surface area (TPSA) is 44.5 Å². The number of aromatic nitrogens is 3. The Bertz CT molecular complexity index is 1070. The molecule has 0 spiro atoms. The molecule has 0 radical (unpaired) electrons. The van der Waals surface area contributed by atoms with Gasteiger partial charge in [-0.25, -0.2) is 0 Å². The minimum atomic E-state index is -0.00611. The maximum absolute atomic E-state index is 13.4. The van der Waals surface area contributed by atoms with Crippen LogP contribution >= 0.6 is 0 Å². The lowest BCUT2D eigenvalue weighted by Gasteiger charge is -2.09. The zero-order chi connectivity index (χ0) is 17.9. The van der Waals surface area contributed by atoms with Crippen molar-refractivity contribution in [2.45, 2.75) is 26.2 Å². The molecule has 0 fully saturated rings. The molecule has 4 aromatic rings. The van der Waals surface area contributed by atoms with Gasteiger partial charge < -0.3 is 5.11 Å². The second-order valence-electron chi connectivity index (χ2n) is 6.40. The monoisotopic (exact) mass is 343 g/mol. The van der Waals surface area contributed by atoms with Gasteiger partial charge >= 0.3 is 0 Å². The zero-order valence-electron chi connectivity index (χ0n) is 14.8. The third-order valence-corrected chi connectivity index (χ3v) is 4.60. The van der Waals surface area contributed by atoms with Crippen LogP contribution in [-0.4, -0.2) is 9.73 Å². The third kappa shape index (κ3) is 2.84. The molecule has 0 unspecified atom stereocenters. The fourth-order valence-corrected chi connectivity index (χ4v) is 3.26. The van der Waals surface area contributed by atoms with E-state index in [1.54, 1.807) is 4.63 Å². The van der Waals surface area contributed by atoms with Crippen molar-refractivity contribution in [2.24, 2.45) is 0 Å². The van der Waals surface area contributed by atoms with Crippen LogP contribution in [0.15, 0.2) is 72.9 Å². The molecular weight excluding hydrogens is 322 g/mol. The summed E-state index contributed by atoms with van der Waals surface area (Å²) in [5, 5.41) is 18.7. The van der Waals surface area contributed by atoms with Crippen LogP contribution in [0.25, 0.3) is 17.0 Å². The molecule has 0 amide bonds. The standard InChI is InChI=1S/C22H21N3O/c1-2-3-14-19-15-16-24-23-20(17-10-6-4-7-11-17)21(25(19)24)22(26)18-12-8-5-9-13-18/h4-13,15-16H,2-3,14H2,1H3. The molecule has 4 heteroatoms. The van der Waals surface area contributed by atoms with E-state index in [2.05, 4.69) is 13.0 Å². The van der Waals surface area contributed by atoms with Crippen LogP contribution in [0.4, 0.5) is 0 Å². The molecule has 2 aromatic heterocycles. The molecule has 0 saturated heterocycles. The lowest BCUT2D eigenvalue weighted by Crippen LogP contribution is -2.47. The lowest BCUT2D eigenvalue weighted by atomic mass is 10.1. The molecule has 0 aliphatic rings. The minimum absolute atomic E-state index is 0.00611. The van der Waals surface area contributed by atoms with Crippen molar-refractivity contribution < 1.29 is 9.62 Å². The number of unbranched alkanes of at least 4 members (excludes halogenated alkanes) is 1. The van der Waals surface area contributed by atoms with Gasteiger partial charge in [0.05, 0.1) is 11.3 Å². The van der Waals surface area contributed by atoms with Crippen molar-refractivity contribution in [3.05, 3.63) is 89.5 Å². The van der Waals surface area contributed by atoms with Crippen LogP contribution < -0.4 is 15.0 Å². The number of fused-ring (bicyclic) bond motifs is 1. The Morgan fingerprint density at radius 3 is 2.38 bits per heavy atom. The Kier molecular flexibility index (Phi) is 4.40. The van der Waals surface area contributed by atoms with Crippen molar-refractivity contribution >= 4 is 5.76 Å². The third-order valence-electron chi connectivity index (χ3n) is 4.60. The normalized spacial score (nSPS) is 12.5. The number of benzene rings is 2. The van der Waals surface area contributed by atoms with Crippen molar-refractivity contribution in [3.63, 3.8) is 0 Å². The van der Waals surface area contributed by atoms with Crippen molar-refractivity contribution in [1.82, 2.24) is 9.73 Å². The van der Waals surface area contributed by atoms with Crippen molar-refractivity contribution in [3.8, 4) is 11.3 Å². The molecule has 4 nitrogen and oxygen atoms in total. The van der Waals surface area contributed by atoms with E-state index in [0.29, 0.717) is 10.9 Å². The first kappa shape index (κ1) is 16.3. The number of hydrogen-bond donors (Lipinski definition) is 0. The molecule has 2 heterocycles. The molecule has 0 bridgehead atoms. The summed E-state index contributed by atoms with van der Waals surface area (Å²) < 4.78 is 3.75. The highest BCUT2D eigenvalue weighted by molar-refractivity contribution is 5.64. The summed E-state index contributed by atoms with van der Waals surface area (Å²) in [6.07, 6.45) is 5.04. The van der Waals surface area contributed by atoms with Crippen LogP contribution in [-0.2, 0) is 6.42 Å². The van der Waals surface area contributed by atoms with E-state index in [9.17, 15) is 5.11 Å². The van der Waals surface area contributed by atoms with Crippen LogP contribution in [0.1, 0.15) is 31.0 Å². The molecule has 130 valence electrons. The van der Waals surface area contributed by atoms with Crippen LogP contribution in [0, 0.1) is 0 Å². The van der Waals surface area contributed by atoms with E-state index in [1.165, 1.54) is 0 Å². The molecule has 2 aromatic carbocycles. The SMILES string of the molecule is CCCCc1ccn2nc(-c3ccccc3)/c(=C(\[O-])c3ccccc3)[n+]12. The van der Waals surface area contributed by atoms with Crippen LogP contribution in [0.2, 0.25) is 0 Å². The summed E-state index contributed by atoms with van der Waals surface area (Å²) >= 11 is 0. The van der Waals surface area contributed by atoms with Gasteiger partial charge in [0, 0.05) is 18.1 Å². The summed E-state index contributed by atoms with van der Waals surface area (Å²) in [5.41, 5.74) is 3.46. The molecule has 0 N–H and O–H groups in total. The number of aryl methyl sites for hydroxylation is 1. The fourth-order valence-electron chi connectivity index (χ4n) is 3.26. The highest BCUT2D eigenvalue weighted by Crippen LogP contribution is 2.14. The molecular formula is C22H21N3O. The zero-order valence-corrected chi connectivity index (χ0v) is 14.8. The number of hydrogen-bond acceptors (Lipinski definition) is 2. The molecule has 4 rings (SSSR count). The second kappa shape index (κ2) is 7.00. The maximum atomic E-state index is 13.4. The Hall–Kier alpha value is -3.14. The van der Waals surface area contributed by atoms with Gasteiger partial charge in [0.15, 0.2) is 0 Å². The van der Waals surface area contributed by atoms with Gasteiger partial charge in [0.2, 0.25) is 5.35 Å². The number of nitrogens with zero attached hydrogens (tertiary/aromatic N) is 3. The molecule has 0 atom stereocenters. The second-order valence-corrected chi connectivity index (χ2v) is 6.40. The predicted molar refractivity (Wildman–Crippen MR) is 99.1 cm³/mol. The first-order valence-corrected chi connectivity index (χ1v) is 9.04. The summed E-state index contributed by atoms with van der Waals surface area (Å²) in [4.78, 5) is 0. The predicted octanol–water partition coefficient (Wildman–Crippen LogP) is 2.17. The van der Waals surface area contributed by atoms with Gasteiger partial charge in [-0.1, -0.05) is 74.0 Å². The van der Waals surface area contributed by atoms with E-state index >= 15 is 0 Å². The largest absolute Gasteiger partial charge is 0.869 e. The first-order chi connectivity index (χ1) is 12.8. The first-order valence-electron chi connectivity index (χ1n) is 9.04. The van der Waals surface area contributed by atoms with Gasteiger partial charge in [0.25, 0.3) is 5.69 Å². The minimum Gasteiger partial charge on any atom is -0.869 e. The molecule has 0 saturated carbocycles. The van der Waals surface area contributed by atoms with Crippen molar-refractivity contribution in [2.75, 3.05) is 0 Å². The Labute approximate surface area is 152 Å². The van der Waals surface area contributed by atoms with E-state index in [1.807, 2.05) is 71.4 Å². The van der Waals surface area contributed by atoms with Crippen molar-refractivity contribution in [1.29, 1.82) is 0 Å². The summed E-state index contributed by atoms with van der Waals surface area (Å²) in [7, 11) is 0. The average molecular weight is 343 g/mol. The highest BCUT2D eigenvalue weighted by atomic mass is 16.3. The van der Waals surface area contributed by atoms with Gasteiger partial charge in [-0.05, 0) is 22.4 Å². The molecule has 26 heavy (non-hydrogen) atoms. The summed E-state index contributed by atoms with van der Waals surface area (Å²) in [5.74, 6) is -0.00611. The van der Waals surface area contributed by atoms with Crippen LogP contribution in [0.3, 0.4) is 0 Å². The van der Waals surface area contributed by atoms with Gasteiger partial charge in [-0.15, -0.1) is 4.52 Å². The Morgan fingerprint density at radius 2 is 1.69 bits per heavy atom. The van der Waals surface area contributed by atoms with Gasteiger partial charge in [-0.3, -0.25) is 0 Å².